The maximum atomic E-state index is 5.85. The number of anilines is 2. The zero-order valence-corrected chi connectivity index (χ0v) is 11.2. The van der Waals surface area contributed by atoms with Crippen molar-refractivity contribution in [2.24, 2.45) is 0 Å². The Morgan fingerprint density at radius 3 is 2.62 bits per heavy atom. The van der Waals surface area contributed by atoms with Gasteiger partial charge in [-0.3, -0.25) is 0 Å². The van der Waals surface area contributed by atoms with Crippen LogP contribution >= 0.6 is 15.9 Å². The van der Waals surface area contributed by atoms with Gasteiger partial charge in [0.05, 0.1) is 5.69 Å². The standard InChI is InChI=1S/C12H18BrN3/c1-9-7-12(10(13)8-11(9)14)15-16-5-3-2-4-6-16/h7-8,15H,2-6,14H2,1H3. The predicted octanol–water partition coefficient (Wildman–Crippen LogP) is 3.15. The van der Waals surface area contributed by atoms with Gasteiger partial charge in [-0.05, 0) is 53.4 Å². The summed E-state index contributed by atoms with van der Waals surface area (Å²) in [7, 11) is 0. The van der Waals surface area contributed by atoms with Crippen LogP contribution < -0.4 is 11.2 Å². The van der Waals surface area contributed by atoms with Crippen molar-refractivity contribution < 1.29 is 0 Å². The molecule has 0 saturated carbocycles. The molecule has 0 radical (unpaired) electrons. The van der Waals surface area contributed by atoms with Gasteiger partial charge in [0.2, 0.25) is 0 Å². The third kappa shape index (κ3) is 2.68. The molecule has 1 heterocycles. The van der Waals surface area contributed by atoms with Crippen LogP contribution in [-0.2, 0) is 0 Å². The SMILES string of the molecule is Cc1cc(NN2CCCCC2)c(Br)cc1N. The topological polar surface area (TPSA) is 41.3 Å². The van der Waals surface area contributed by atoms with E-state index in [1.807, 2.05) is 13.0 Å². The molecule has 0 spiro atoms. The van der Waals surface area contributed by atoms with Crippen molar-refractivity contribution in [2.75, 3.05) is 24.2 Å². The van der Waals surface area contributed by atoms with E-state index in [4.69, 9.17) is 5.73 Å². The Hall–Kier alpha value is -0.740. The number of rotatable bonds is 2. The lowest BCUT2D eigenvalue weighted by molar-refractivity contribution is 0.273. The van der Waals surface area contributed by atoms with E-state index >= 15 is 0 Å². The van der Waals surface area contributed by atoms with E-state index in [-0.39, 0.29) is 0 Å². The molecule has 1 aliphatic rings. The Labute approximate surface area is 105 Å². The van der Waals surface area contributed by atoms with Crippen molar-refractivity contribution in [3.8, 4) is 0 Å². The highest BCUT2D eigenvalue weighted by molar-refractivity contribution is 9.10. The minimum atomic E-state index is 0.830. The molecule has 2 rings (SSSR count). The summed E-state index contributed by atoms with van der Waals surface area (Å²) < 4.78 is 1.03. The molecule has 88 valence electrons. The molecule has 4 heteroatoms. The van der Waals surface area contributed by atoms with E-state index in [1.165, 1.54) is 19.3 Å². The Balaban J connectivity index is 2.11. The Bertz CT molecular complexity index is 373. The van der Waals surface area contributed by atoms with Crippen LogP contribution in [-0.4, -0.2) is 18.1 Å². The number of nitrogens with two attached hydrogens (primary N) is 1. The zero-order chi connectivity index (χ0) is 11.5. The second-order valence-electron chi connectivity index (χ2n) is 4.35. The van der Waals surface area contributed by atoms with Crippen molar-refractivity contribution in [1.29, 1.82) is 0 Å². The van der Waals surface area contributed by atoms with E-state index in [0.29, 0.717) is 0 Å². The van der Waals surface area contributed by atoms with Gasteiger partial charge in [-0.1, -0.05) is 6.42 Å². The summed E-state index contributed by atoms with van der Waals surface area (Å²) in [6.07, 6.45) is 3.90. The molecule has 0 atom stereocenters. The van der Waals surface area contributed by atoms with E-state index in [9.17, 15) is 0 Å². The van der Waals surface area contributed by atoms with Crippen LogP contribution in [0, 0.1) is 6.92 Å². The molecule has 1 saturated heterocycles. The van der Waals surface area contributed by atoms with Crippen LogP contribution in [0.2, 0.25) is 0 Å². The van der Waals surface area contributed by atoms with Crippen LogP contribution in [0.4, 0.5) is 11.4 Å². The van der Waals surface area contributed by atoms with Crippen molar-refractivity contribution in [3.63, 3.8) is 0 Å². The maximum absolute atomic E-state index is 5.85. The Morgan fingerprint density at radius 1 is 1.25 bits per heavy atom. The molecule has 3 nitrogen and oxygen atoms in total. The highest BCUT2D eigenvalue weighted by atomic mass is 79.9. The van der Waals surface area contributed by atoms with E-state index < -0.39 is 0 Å². The fraction of sp³-hybridized carbons (Fsp3) is 0.500. The van der Waals surface area contributed by atoms with E-state index in [2.05, 4.69) is 32.4 Å². The number of aryl methyl sites for hydroxylation is 1. The third-order valence-corrected chi connectivity index (χ3v) is 3.65. The second-order valence-corrected chi connectivity index (χ2v) is 5.20. The second kappa shape index (κ2) is 5.06. The fourth-order valence-corrected chi connectivity index (χ4v) is 2.41. The summed E-state index contributed by atoms with van der Waals surface area (Å²) in [5.74, 6) is 0. The number of nitrogens with one attached hydrogen (secondary N) is 1. The molecule has 0 aromatic heterocycles. The molecular formula is C12H18BrN3. The number of hydrazine groups is 1. The van der Waals surface area contributed by atoms with Crippen LogP contribution in [0.25, 0.3) is 0 Å². The molecule has 1 aromatic rings. The summed E-state index contributed by atoms with van der Waals surface area (Å²) in [5, 5.41) is 2.28. The van der Waals surface area contributed by atoms with Gasteiger partial charge in [-0.2, -0.15) is 0 Å². The van der Waals surface area contributed by atoms with Crippen LogP contribution in [0.15, 0.2) is 16.6 Å². The summed E-state index contributed by atoms with van der Waals surface area (Å²) in [5.41, 5.74) is 12.3. The number of benzene rings is 1. The highest BCUT2D eigenvalue weighted by Gasteiger charge is 2.11. The molecule has 0 amide bonds. The van der Waals surface area contributed by atoms with Crippen LogP contribution in [0.3, 0.4) is 0 Å². The molecule has 1 fully saturated rings. The molecule has 0 aliphatic carbocycles. The predicted molar refractivity (Wildman–Crippen MR) is 72.3 cm³/mol. The van der Waals surface area contributed by atoms with Crippen LogP contribution in [0.5, 0.6) is 0 Å². The maximum Gasteiger partial charge on any atom is 0.0636 e. The molecule has 0 unspecified atom stereocenters. The lowest BCUT2D eigenvalue weighted by Crippen LogP contribution is -2.34. The van der Waals surface area contributed by atoms with Crippen LogP contribution in [0.1, 0.15) is 24.8 Å². The lowest BCUT2D eigenvalue weighted by Gasteiger charge is -2.28. The Kier molecular flexibility index (Phi) is 3.71. The van der Waals surface area contributed by atoms with Gasteiger partial charge in [0.25, 0.3) is 0 Å². The largest absolute Gasteiger partial charge is 0.398 e. The Morgan fingerprint density at radius 2 is 1.94 bits per heavy atom. The molecule has 1 aliphatic heterocycles. The summed E-state index contributed by atoms with van der Waals surface area (Å²) in [6.45, 7) is 4.27. The number of nitrogen functional groups attached to an aromatic ring is 1. The van der Waals surface area contributed by atoms with Gasteiger partial charge in [0, 0.05) is 23.2 Å². The highest BCUT2D eigenvalue weighted by Crippen LogP contribution is 2.28. The van der Waals surface area contributed by atoms with Gasteiger partial charge >= 0.3 is 0 Å². The normalized spacial score (nSPS) is 17.4. The molecule has 1 aromatic carbocycles. The number of piperidine rings is 1. The average molecular weight is 284 g/mol. The number of hydrogen-bond acceptors (Lipinski definition) is 3. The van der Waals surface area contributed by atoms with Crippen molar-refractivity contribution in [1.82, 2.24) is 5.01 Å². The van der Waals surface area contributed by atoms with Gasteiger partial charge in [0.15, 0.2) is 0 Å². The first kappa shape index (κ1) is 11.7. The summed E-state index contributed by atoms with van der Waals surface area (Å²) in [6, 6.07) is 4.05. The van der Waals surface area contributed by atoms with Crippen molar-refractivity contribution in [3.05, 3.63) is 22.2 Å². The zero-order valence-electron chi connectivity index (χ0n) is 9.59. The smallest absolute Gasteiger partial charge is 0.0636 e. The average Bonchev–Trinajstić information content (AvgIpc) is 2.27. The van der Waals surface area contributed by atoms with Gasteiger partial charge in [0.1, 0.15) is 0 Å². The fourth-order valence-electron chi connectivity index (χ4n) is 1.96. The quantitative estimate of drug-likeness (QED) is 0.820. The number of nitrogens with zero attached hydrogens (tertiary/aromatic N) is 1. The van der Waals surface area contributed by atoms with Crippen molar-refractivity contribution in [2.45, 2.75) is 26.2 Å². The lowest BCUT2D eigenvalue weighted by atomic mass is 10.1. The van der Waals surface area contributed by atoms with E-state index in [0.717, 1.165) is 34.5 Å². The first-order chi connectivity index (χ1) is 7.66. The molecule has 0 bridgehead atoms. The number of hydrogen-bond donors (Lipinski definition) is 2. The minimum Gasteiger partial charge on any atom is -0.398 e. The summed E-state index contributed by atoms with van der Waals surface area (Å²) in [4.78, 5) is 0. The third-order valence-electron chi connectivity index (χ3n) is 2.99. The molecule has 16 heavy (non-hydrogen) atoms. The monoisotopic (exact) mass is 283 g/mol. The first-order valence-electron chi connectivity index (χ1n) is 5.74. The van der Waals surface area contributed by atoms with Gasteiger partial charge < -0.3 is 11.2 Å². The summed E-state index contributed by atoms with van der Waals surface area (Å²) >= 11 is 3.54. The van der Waals surface area contributed by atoms with Gasteiger partial charge in [-0.25, -0.2) is 5.01 Å². The van der Waals surface area contributed by atoms with Gasteiger partial charge in [-0.15, -0.1) is 0 Å². The van der Waals surface area contributed by atoms with E-state index in [1.54, 1.807) is 0 Å². The van der Waals surface area contributed by atoms with Crippen molar-refractivity contribution >= 4 is 27.3 Å². The minimum absolute atomic E-state index is 0.830. The first-order valence-corrected chi connectivity index (χ1v) is 6.53. The number of halogens is 1. The molecule has 3 N–H and O–H groups in total. The molecular weight excluding hydrogens is 266 g/mol.